The van der Waals surface area contributed by atoms with Crippen LogP contribution in [0.2, 0.25) is 10.0 Å². The first kappa shape index (κ1) is 24.0. The minimum Gasteiger partial charge on any atom is -0.484 e. The van der Waals surface area contributed by atoms with Crippen molar-refractivity contribution in [3.05, 3.63) is 63.6 Å². The van der Waals surface area contributed by atoms with Crippen molar-refractivity contribution in [2.45, 2.75) is 52.7 Å². The van der Waals surface area contributed by atoms with Gasteiger partial charge in [-0.2, -0.15) is 0 Å². The average Bonchev–Trinajstić information content (AvgIpc) is 2.67. The topological polar surface area (TPSA) is 58.6 Å². The highest BCUT2D eigenvalue weighted by molar-refractivity contribution is 6.35. The van der Waals surface area contributed by atoms with Crippen molar-refractivity contribution in [3.8, 4) is 5.75 Å². The van der Waals surface area contributed by atoms with Crippen molar-refractivity contribution in [2.24, 2.45) is 0 Å². The SMILES string of the molecule is CC[C@@H](C(=O)NC(C)C)N(Cc1ccc(Cl)cc1Cl)C(=O)COc1cccc(C)c1. The van der Waals surface area contributed by atoms with Crippen LogP contribution in [0, 0.1) is 6.92 Å². The van der Waals surface area contributed by atoms with Gasteiger partial charge in [-0.3, -0.25) is 9.59 Å². The minimum absolute atomic E-state index is 0.0360. The van der Waals surface area contributed by atoms with E-state index in [0.717, 1.165) is 5.56 Å². The zero-order valence-electron chi connectivity index (χ0n) is 17.7. The summed E-state index contributed by atoms with van der Waals surface area (Å²) in [5, 5.41) is 3.84. The van der Waals surface area contributed by atoms with E-state index in [1.54, 1.807) is 24.3 Å². The number of nitrogens with zero attached hydrogens (tertiary/aromatic N) is 1. The Balaban J connectivity index is 2.25. The van der Waals surface area contributed by atoms with Gasteiger partial charge in [0, 0.05) is 22.6 Å². The van der Waals surface area contributed by atoms with Gasteiger partial charge >= 0.3 is 0 Å². The molecule has 1 N–H and O–H groups in total. The van der Waals surface area contributed by atoms with Crippen LogP contribution in [0.15, 0.2) is 42.5 Å². The van der Waals surface area contributed by atoms with E-state index in [9.17, 15) is 9.59 Å². The van der Waals surface area contributed by atoms with Crippen molar-refractivity contribution in [1.29, 1.82) is 0 Å². The molecule has 2 aromatic carbocycles. The lowest BCUT2D eigenvalue weighted by molar-refractivity contribution is -0.143. The second-order valence-corrected chi connectivity index (χ2v) is 8.29. The number of nitrogens with one attached hydrogen (secondary N) is 1. The van der Waals surface area contributed by atoms with Gasteiger partial charge in [-0.1, -0.05) is 48.3 Å². The Kier molecular flexibility index (Phi) is 9.00. The quantitative estimate of drug-likeness (QED) is 0.583. The Morgan fingerprint density at radius 3 is 2.47 bits per heavy atom. The van der Waals surface area contributed by atoms with Gasteiger partial charge in [-0.15, -0.1) is 0 Å². The molecule has 5 nitrogen and oxygen atoms in total. The van der Waals surface area contributed by atoms with Crippen LogP contribution in [0.4, 0.5) is 0 Å². The Bertz CT molecular complexity index is 887. The molecule has 1 atom stereocenters. The number of benzene rings is 2. The first-order valence-electron chi connectivity index (χ1n) is 9.94. The van der Waals surface area contributed by atoms with Gasteiger partial charge in [0.2, 0.25) is 5.91 Å². The summed E-state index contributed by atoms with van der Waals surface area (Å²) in [6, 6.07) is 11.9. The van der Waals surface area contributed by atoms with E-state index in [4.69, 9.17) is 27.9 Å². The molecule has 0 saturated heterocycles. The molecule has 0 fully saturated rings. The summed E-state index contributed by atoms with van der Waals surface area (Å²) in [6.45, 7) is 7.58. The molecule has 0 aromatic heterocycles. The molecule has 2 rings (SSSR count). The van der Waals surface area contributed by atoms with Crippen LogP contribution in [0.1, 0.15) is 38.3 Å². The van der Waals surface area contributed by atoms with E-state index >= 15 is 0 Å². The Morgan fingerprint density at radius 2 is 1.87 bits per heavy atom. The first-order valence-corrected chi connectivity index (χ1v) is 10.7. The molecule has 0 bridgehead atoms. The Morgan fingerprint density at radius 1 is 1.13 bits per heavy atom. The molecule has 0 heterocycles. The maximum atomic E-state index is 13.1. The molecule has 0 spiro atoms. The van der Waals surface area contributed by atoms with Crippen LogP contribution < -0.4 is 10.1 Å². The van der Waals surface area contributed by atoms with E-state index < -0.39 is 6.04 Å². The third-order valence-electron chi connectivity index (χ3n) is 4.52. The number of ether oxygens (including phenoxy) is 1. The molecule has 0 radical (unpaired) electrons. The lowest BCUT2D eigenvalue weighted by Gasteiger charge is -2.31. The normalized spacial score (nSPS) is 11.8. The summed E-state index contributed by atoms with van der Waals surface area (Å²) >= 11 is 12.3. The summed E-state index contributed by atoms with van der Waals surface area (Å²) in [6.07, 6.45) is 0.458. The summed E-state index contributed by atoms with van der Waals surface area (Å²) in [5.74, 6) is 0.0993. The molecule has 7 heteroatoms. The number of halogens is 2. The smallest absolute Gasteiger partial charge is 0.261 e. The molecule has 0 saturated carbocycles. The van der Waals surface area contributed by atoms with Crippen LogP contribution >= 0.6 is 23.2 Å². The van der Waals surface area contributed by atoms with E-state index in [0.29, 0.717) is 27.8 Å². The third kappa shape index (κ3) is 6.92. The first-order chi connectivity index (χ1) is 14.2. The van der Waals surface area contributed by atoms with E-state index in [1.807, 2.05) is 45.9 Å². The van der Waals surface area contributed by atoms with Crippen LogP contribution in [0.5, 0.6) is 5.75 Å². The van der Waals surface area contributed by atoms with Crippen molar-refractivity contribution in [2.75, 3.05) is 6.61 Å². The van der Waals surface area contributed by atoms with Gasteiger partial charge in [0.1, 0.15) is 11.8 Å². The Labute approximate surface area is 188 Å². The monoisotopic (exact) mass is 450 g/mol. The van der Waals surface area contributed by atoms with Gasteiger partial charge in [0.15, 0.2) is 6.61 Å². The van der Waals surface area contributed by atoms with Crippen LogP contribution in [0.25, 0.3) is 0 Å². The lowest BCUT2D eigenvalue weighted by Crippen LogP contribution is -2.51. The second kappa shape index (κ2) is 11.2. The highest BCUT2D eigenvalue weighted by Crippen LogP contribution is 2.24. The molecule has 162 valence electrons. The number of carbonyl (C=O) groups excluding carboxylic acids is 2. The van der Waals surface area contributed by atoms with E-state index in [1.165, 1.54) is 4.90 Å². The van der Waals surface area contributed by atoms with Gasteiger partial charge < -0.3 is 15.0 Å². The fraction of sp³-hybridized carbons (Fsp3) is 0.391. The number of hydrogen-bond donors (Lipinski definition) is 1. The molecular formula is C23H28Cl2N2O3. The molecule has 0 aliphatic rings. The van der Waals surface area contributed by atoms with Gasteiger partial charge in [-0.05, 0) is 62.6 Å². The van der Waals surface area contributed by atoms with Crippen LogP contribution in [0.3, 0.4) is 0 Å². The Hall–Kier alpha value is -2.24. The van der Waals surface area contributed by atoms with Gasteiger partial charge in [-0.25, -0.2) is 0 Å². The highest BCUT2D eigenvalue weighted by atomic mass is 35.5. The summed E-state index contributed by atoms with van der Waals surface area (Å²) in [4.78, 5) is 27.4. The van der Waals surface area contributed by atoms with Crippen LogP contribution in [-0.4, -0.2) is 35.4 Å². The second-order valence-electron chi connectivity index (χ2n) is 7.45. The number of carbonyl (C=O) groups is 2. The number of aryl methyl sites for hydroxylation is 1. The highest BCUT2D eigenvalue weighted by Gasteiger charge is 2.29. The van der Waals surface area contributed by atoms with Crippen molar-refractivity contribution in [1.82, 2.24) is 10.2 Å². The molecular weight excluding hydrogens is 423 g/mol. The number of amides is 2. The average molecular weight is 451 g/mol. The molecule has 0 aliphatic carbocycles. The van der Waals surface area contributed by atoms with Crippen LogP contribution in [-0.2, 0) is 16.1 Å². The fourth-order valence-electron chi connectivity index (χ4n) is 3.07. The predicted octanol–water partition coefficient (Wildman–Crippen LogP) is 5.01. The number of hydrogen-bond acceptors (Lipinski definition) is 3. The lowest BCUT2D eigenvalue weighted by atomic mass is 10.1. The van der Waals surface area contributed by atoms with Crippen molar-refractivity contribution < 1.29 is 14.3 Å². The van der Waals surface area contributed by atoms with E-state index in [-0.39, 0.29) is 31.0 Å². The summed E-state index contributed by atoms with van der Waals surface area (Å²) in [5.41, 5.74) is 1.74. The van der Waals surface area contributed by atoms with Gasteiger partial charge in [0.05, 0.1) is 0 Å². The van der Waals surface area contributed by atoms with Crippen molar-refractivity contribution >= 4 is 35.0 Å². The predicted molar refractivity (Wildman–Crippen MR) is 121 cm³/mol. The molecule has 2 aromatic rings. The molecule has 30 heavy (non-hydrogen) atoms. The fourth-order valence-corrected chi connectivity index (χ4v) is 3.54. The third-order valence-corrected chi connectivity index (χ3v) is 5.11. The molecule has 0 unspecified atom stereocenters. The largest absolute Gasteiger partial charge is 0.484 e. The standard InChI is InChI=1S/C23H28Cl2N2O3/c1-5-21(23(29)26-15(2)3)27(13-17-9-10-18(24)12-20(17)25)22(28)14-30-19-8-6-7-16(4)11-19/h6-12,15,21H,5,13-14H2,1-4H3,(H,26,29)/t21-/m0/s1. The zero-order valence-corrected chi connectivity index (χ0v) is 19.3. The van der Waals surface area contributed by atoms with E-state index in [2.05, 4.69) is 5.32 Å². The number of rotatable bonds is 9. The molecule has 2 amide bonds. The summed E-state index contributed by atoms with van der Waals surface area (Å²) in [7, 11) is 0. The maximum Gasteiger partial charge on any atom is 0.261 e. The minimum atomic E-state index is -0.646. The molecule has 0 aliphatic heterocycles. The van der Waals surface area contributed by atoms with Gasteiger partial charge in [0.25, 0.3) is 5.91 Å². The maximum absolute atomic E-state index is 13.1. The summed E-state index contributed by atoms with van der Waals surface area (Å²) < 4.78 is 5.70. The van der Waals surface area contributed by atoms with Crippen molar-refractivity contribution in [3.63, 3.8) is 0 Å². The zero-order chi connectivity index (χ0) is 22.3.